The van der Waals surface area contributed by atoms with Gasteiger partial charge in [-0.15, -0.1) is 0 Å². The highest BCUT2D eigenvalue weighted by molar-refractivity contribution is 5.09. The van der Waals surface area contributed by atoms with Crippen LogP contribution in [-0.2, 0) is 6.54 Å². The van der Waals surface area contributed by atoms with Gasteiger partial charge in [0.2, 0.25) is 0 Å². The summed E-state index contributed by atoms with van der Waals surface area (Å²) in [5, 5.41) is 3.51. The quantitative estimate of drug-likeness (QED) is 0.648. The van der Waals surface area contributed by atoms with Gasteiger partial charge in [-0.1, -0.05) is 13.8 Å². The predicted octanol–water partition coefficient (Wildman–Crippen LogP) is 1.44. The van der Waals surface area contributed by atoms with E-state index in [1.807, 2.05) is 12.4 Å². The van der Waals surface area contributed by atoms with Crippen LogP contribution in [0.1, 0.15) is 19.4 Å². The van der Waals surface area contributed by atoms with E-state index >= 15 is 0 Å². The topological polar surface area (TPSA) is 31.4 Å². The molecule has 19 heavy (non-hydrogen) atoms. The molecule has 0 bridgehead atoms. The van der Waals surface area contributed by atoms with Crippen LogP contribution in [0.25, 0.3) is 0 Å². The molecule has 0 radical (unpaired) electrons. The SMILES string of the molecule is CCN(CC)CCNCCN(C)Cc1ccncc1. The summed E-state index contributed by atoms with van der Waals surface area (Å²) >= 11 is 0. The summed E-state index contributed by atoms with van der Waals surface area (Å²) in [6.07, 6.45) is 3.71. The molecule has 108 valence electrons. The molecule has 1 N–H and O–H groups in total. The monoisotopic (exact) mass is 264 g/mol. The van der Waals surface area contributed by atoms with Gasteiger partial charge in [-0.05, 0) is 37.8 Å². The molecule has 0 atom stereocenters. The molecule has 1 aromatic heterocycles. The van der Waals surface area contributed by atoms with E-state index in [1.54, 1.807) is 0 Å². The standard InChI is InChI=1S/C15H28N4/c1-4-19(5-2)13-11-17-10-12-18(3)14-15-6-8-16-9-7-15/h6-9,17H,4-5,10-14H2,1-3H3. The van der Waals surface area contributed by atoms with Gasteiger partial charge in [-0.2, -0.15) is 0 Å². The summed E-state index contributed by atoms with van der Waals surface area (Å²) in [4.78, 5) is 8.81. The van der Waals surface area contributed by atoms with Crippen molar-refractivity contribution < 1.29 is 0 Å². The van der Waals surface area contributed by atoms with E-state index in [0.29, 0.717) is 0 Å². The molecule has 1 heterocycles. The average Bonchev–Trinajstić information content (AvgIpc) is 2.44. The molecule has 4 nitrogen and oxygen atoms in total. The number of hydrogen-bond acceptors (Lipinski definition) is 4. The fraction of sp³-hybridized carbons (Fsp3) is 0.667. The van der Waals surface area contributed by atoms with Gasteiger partial charge in [0.1, 0.15) is 0 Å². The molecule has 0 amide bonds. The summed E-state index contributed by atoms with van der Waals surface area (Å²) < 4.78 is 0. The molecule has 0 fully saturated rings. The maximum atomic E-state index is 4.04. The Bertz CT molecular complexity index is 311. The number of rotatable bonds is 10. The van der Waals surface area contributed by atoms with E-state index < -0.39 is 0 Å². The number of pyridine rings is 1. The van der Waals surface area contributed by atoms with Crippen LogP contribution in [0.15, 0.2) is 24.5 Å². The van der Waals surface area contributed by atoms with Crippen LogP contribution >= 0.6 is 0 Å². The van der Waals surface area contributed by atoms with E-state index in [2.05, 4.69) is 53.1 Å². The van der Waals surface area contributed by atoms with Gasteiger partial charge in [0, 0.05) is 45.1 Å². The number of likely N-dealkylation sites (N-methyl/N-ethyl adjacent to an activating group) is 2. The van der Waals surface area contributed by atoms with Crippen LogP contribution in [0.4, 0.5) is 0 Å². The molecule has 4 heteroatoms. The second kappa shape index (κ2) is 9.89. The maximum absolute atomic E-state index is 4.04. The molecule has 0 saturated carbocycles. The minimum absolute atomic E-state index is 0.986. The maximum Gasteiger partial charge on any atom is 0.0271 e. The highest BCUT2D eigenvalue weighted by Gasteiger charge is 2.00. The van der Waals surface area contributed by atoms with Crippen LogP contribution in [0.3, 0.4) is 0 Å². The first-order valence-electron chi connectivity index (χ1n) is 7.26. The lowest BCUT2D eigenvalue weighted by Crippen LogP contribution is -2.35. The van der Waals surface area contributed by atoms with Gasteiger partial charge >= 0.3 is 0 Å². The third-order valence-corrected chi connectivity index (χ3v) is 3.37. The van der Waals surface area contributed by atoms with E-state index in [-0.39, 0.29) is 0 Å². The van der Waals surface area contributed by atoms with Crippen molar-refractivity contribution in [3.05, 3.63) is 30.1 Å². The lowest BCUT2D eigenvalue weighted by Gasteiger charge is -2.20. The molecule has 0 saturated heterocycles. The van der Waals surface area contributed by atoms with E-state index in [0.717, 1.165) is 45.8 Å². The van der Waals surface area contributed by atoms with Crippen molar-refractivity contribution in [3.8, 4) is 0 Å². The van der Waals surface area contributed by atoms with Crippen LogP contribution in [-0.4, -0.2) is 61.1 Å². The Morgan fingerprint density at radius 2 is 1.68 bits per heavy atom. The summed E-state index contributed by atoms with van der Waals surface area (Å²) in [5.74, 6) is 0. The smallest absolute Gasteiger partial charge is 0.0271 e. The van der Waals surface area contributed by atoms with Crippen molar-refractivity contribution in [1.29, 1.82) is 0 Å². The Labute approximate surface area is 117 Å². The van der Waals surface area contributed by atoms with Crippen LogP contribution in [0, 0.1) is 0 Å². The molecule has 0 aliphatic heterocycles. The first-order chi connectivity index (χ1) is 9.26. The normalized spacial score (nSPS) is 11.4. The number of nitrogens with zero attached hydrogens (tertiary/aromatic N) is 3. The van der Waals surface area contributed by atoms with E-state index in [4.69, 9.17) is 0 Å². The zero-order valence-corrected chi connectivity index (χ0v) is 12.6. The minimum Gasteiger partial charge on any atom is -0.314 e. The van der Waals surface area contributed by atoms with Crippen molar-refractivity contribution in [2.45, 2.75) is 20.4 Å². The van der Waals surface area contributed by atoms with E-state index in [9.17, 15) is 0 Å². The Balaban J connectivity index is 2.06. The van der Waals surface area contributed by atoms with Gasteiger partial charge in [-0.25, -0.2) is 0 Å². The molecule has 0 aliphatic rings. The second-order valence-corrected chi connectivity index (χ2v) is 4.87. The Morgan fingerprint density at radius 1 is 1.05 bits per heavy atom. The Hall–Kier alpha value is -0.970. The summed E-state index contributed by atoms with van der Waals surface area (Å²) in [7, 11) is 2.16. The van der Waals surface area contributed by atoms with Crippen molar-refractivity contribution in [1.82, 2.24) is 20.1 Å². The lowest BCUT2D eigenvalue weighted by molar-refractivity contribution is 0.291. The van der Waals surface area contributed by atoms with Crippen LogP contribution < -0.4 is 5.32 Å². The third kappa shape index (κ3) is 7.25. The third-order valence-electron chi connectivity index (χ3n) is 3.37. The van der Waals surface area contributed by atoms with Crippen molar-refractivity contribution in [2.75, 3.05) is 46.3 Å². The summed E-state index contributed by atoms with van der Waals surface area (Å²) in [6.45, 7) is 12.0. The highest BCUT2D eigenvalue weighted by atomic mass is 15.1. The van der Waals surface area contributed by atoms with Crippen LogP contribution in [0.5, 0.6) is 0 Å². The van der Waals surface area contributed by atoms with Gasteiger partial charge in [0.15, 0.2) is 0 Å². The molecular weight excluding hydrogens is 236 g/mol. The highest BCUT2D eigenvalue weighted by Crippen LogP contribution is 1.99. The zero-order chi connectivity index (χ0) is 13.9. The zero-order valence-electron chi connectivity index (χ0n) is 12.6. The molecule has 1 aromatic rings. The van der Waals surface area contributed by atoms with Crippen molar-refractivity contribution >= 4 is 0 Å². The van der Waals surface area contributed by atoms with Gasteiger partial charge in [-0.3, -0.25) is 4.98 Å². The second-order valence-electron chi connectivity index (χ2n) is 4.87. The van der Waals surface area contributed by atoms with Gasteiger partial charge in [0.25, 0.3) is 0 Å². The molecule has 0 unspecified atom stereocenters. The van der Waals surface area contributed by atoms with Crippen molar-refractivity contribution in [2.24, 2.45) is 0 Å². The first-order valence-corrected chi connectivity index (χ1v) is 7.26. The van der Waals surface area contributed by atoms with Crippen molar-refractivity contribution in [3.63, 3.8) is 0 Å². The predicted molar refractivity (Wildman–Crippen MR) is 81.2 cm³/mol. The number of hydrogen-bond donors (Lipinski definition) is 1. The summed E-state index contributed by atoms with van der Waals surface area (Å²) in [6, 6.07) is 4.15. The average molecular weight is 264 g/mol. The first kappa shape index (κ1) is 16.1. The Kier molecular flexibility index (Phi) is 8.38. The minimum atomic E-state index is 0.986. The molecule has 0 aliphatic carbocycles. The number of aromatic nitrogens is 1. The van der Waals surface area contributed by atoms with Crippen LogP contribution in [0.2, 0.25) is 0 Å². The fourth-order valence-electron chi connectivity index (χ4n) is 2.05. The lowest BCUT2D eigenvalue weighted by atomic mass is 10.2. The molecular formula is C15H28N4. The molecule has 0 spiro atoms. The molecule has 0 aromatic carbocycles. The van der Waals surface area contributed by atoms with Gasteiger partial charge in [0.05, 0.1) is 0 Å². The Morgan fingerprint density at radius 3 is 2.32 bits per heavy atom. The fourth-order valence-corrected chi connectivity index (χ4v) is 2.05. The van der Waals surface area contributed by atoms with Gasteiger partial charge < -0.3 is 15.1 Å². The largest absolute Gasteiger partial charge is 0.314 e. The van der Waals surface area contributed by atoms with E-state index in [1.165, 1.54) is 5.56 Å². The summed E-state index contributed by atoms with van der Waals surface area (Å²) in [5.41, 5.74) is 1.32. The molecule has 1 rings (SSSR count). The number of nitrogens with one attached hydrogen (secondary N) is 1.